The maximum Gasteiger partial charge on any atom is 0.326 e. The molecule has 28 heavy (non-hydrogen) atoms. The molecule has 1 atom stereocenters. The van der Waals surface area contributed by atoms with E-state index in [9.17, 15) is 24.8 Å². The number of nitro benzene ring substituents is 1. The summed E-state index contributed by atoms with van der Waals surface area (Å²) in [4.78, 5) is 37.8. The van der Waals surface area contributed by atoms with Crippen molar-refractivity contribution < 1.29 is 24.7 Å². The number of rotatable bonds is 7. The number of anilines is 1. The summed E-state index contributed by atoms with van der Waals surface area (Å²) in [6.45, 7) is 0. The standard InChI is InChI=1S/C18H15N3O6.ClH/c22-15(23)9-8-13(18(24)25)20-17-10-4-1-2-5-11(10)19-12-6-3-7-14(16(12)17)21(26)27;/h1-7,13H,8-9H2,(H,19,20)(H,22,23)(H,24,25);1H. The van der Waals surface area contributed by atoms with Gasteiger partial charge >= 0.3 is 11.9 Å². The molecule has 0 aliphatic carbocycles. The van der Waals surface area contributed by atoms with E-state index in [0.717, 1.165) is 0 Å². The summed E-state index contributed by atoms with van der Waals surface area (Å²) in [7, 11) is 0. The topological polar surface area (TPSA) is 143 Å². The van der Waals surface area contributed by atoms with Gasteiger partial charge in [-0.25, -0.2) is 9.78 Å². The summed E-state index contributed by atoms with van der Waals surface area (Å²) < 4.78 is 0. The molecule has 0 saturated carbocycles. The number of nitrogens with zero attached hydrogens (tertiary/aromatic N) is 2. The van der Waals surface area contributed by atoms with Crippen molar-refractivity contribution >= 4 is 57.5 Å². The molecule has 1 aromatic heterocycles. The van der Waals surface area contributed by atoms with E-state index in [2.05, 4.69) is 10.3 Å². The molecule has 146 valence electrons. The van der Waals surface area contributed by atoms with Crippen LogP contribution in [-0.4, -0.2) is 38.1 Å². The van der Waals surface area contributed by atoms with Crippen LogP contribution in [0.4, 0.5) is 11.4 Å². The number of hydrogen-bond acceptors (Lipinski definition) is 6. The third-order valence-corrected chi connectivity index (χ3v) is 4.14. The van der Waals surface area contributed by atoms with E-state index >= 15 is 0 Å². The highest BCUT2D eigenvalue weighted by atomic mass is 35.5. The average molecular weight is 406 g/mol. The molecule has 3 rings (SSSR count). The number of hydrogen-bond donors (Lipinski definition) is 3. The molecule has 9 nitrogen and oxygen atoms in total. The summed E-state index contributed by atoms with van der Waals surface area (Å²) in [6, 6.07) is 10.1. The van der Waals surface area contributed by atoms with Gasteiger partial charge in [0.05, 0.1) is 21.6 Å². The largest absolute Gasteiger partial charge is 0.481 e. The number of pyridine rings is 1. The summed E-state index contributed by atoms with van der Waals surface area (Å²) in [6.07, 6.45) is -0.531. The molecule has 0 aliphatic rings. The molecule has 0 bridgehead atoms. The van der Waals surface area contributed by atoms with Crippen LogP contribution < -0.4 is 5.32 Å². The van der Waals surface area contributed by atoms with Crippen molar-refractivity contribution in [2.45, 2.75) is 18.9 Å². The number of fused-ring (bicyclic) bond motifs is 2. The van der Waals surface area contributed by atoms with Gasteiger partial charge < -0.3 is 15.5 Å². The number of carboxylic acid groups (broad SMARTS) is 2. The fourth-order valence-electron chi connectivity index (χ4n) is 2.93. The molecule has 3 aromatic rings. The predicted octanol–water partition coefficient (Wildman–Crippen LogP) is 3.45. The first kappa shape index (κ1) is 20.8. The molecule has 0 radical (unpaired) electrons. The molecule has 0 saturated heterocycles. The SMILES string of the molecule is Cl.O=C(O)CCC(Nc1c2ccccc2nc2cccc([N+](=O)[O-])c12)C(=O)O. The molecular weight excluding hydrogens is 390 g/mol. The smallest absolute Gasteiger partial charge is 0.326 e. The van der Waals surface area contributed by atoms with E-state index in [0.29, 0.717) is 16.4 Å². The number of nitrogens with one attached hydrogen (secondary N) is 1. The number of nitro groups is 1. The van der Waals surface area contributed by atoms with Crippen LogP contribution in [0.15, 0.2) is 42.5 Å². The minimum Gasteiger partial charge on any atom is -0.481 e. The van der Waals surface area contributed by atoms with Gasteiger partial charge in [0.25, 0.3) is 5.69 Å². The lowest BCUT2D eigenvalue weighted by Gasteiger charge is -2.18. The molecule has 10 heteroatoms. The van der Waals surface area contributed by atoms with Crippen LogP contribution in [-0.2, 0) is 9.59 Å². The normalized spacial score (nSPS) is 11.6. The number of aromatic nitrogens is 1. The Kier molecular flexibility index (Phi) is 6.32. The number of aliphatic carboxylic acids is 2. The van der Waals surface area contributed by atoms with E-state index in [1.165, 1.54) is 12.1 Å². The first-order valence-corrected chi connectivity index (χ1v) is 8.05. The highest BCUT2D eigenvalue weighted by molar-refractivity contribution is 6.11. The predicted molar refractivity (Wildman–Crippen MR) is 105 cm³/mol. The number of halogens is 1. The van der Waals surface area contributed by atoms with Crippen molar-refractivity contribution in [2.24, 2.45) is 0 Å². The summed E-state index contributed by atoms with van der Waals surface area (Å²) in [5.74, 6) is -2.37. The Hall–Kier alpha value is -3.46. The van der Waals surface area contributed by atoms with Gasteiger partial charge in [-0.05, 0) is 18.6 Å². The molecular formula is C18H16ClN3O6. The van der Waals surface area contributed by atoms with E-state index in [1.54, 1.807) is 30.3 Å². The maximum atomic E-state index is 11.6. The van der Waals surface area contributed by atoms with Gasteiger partial charge in [0.2, 0.25) is 0 Å². The first-order chi connectivity index (χ1) is 12.9. The van der Waals surface area contributed by atoms with Crippen molar-refractivity contribution in [1.82, 2.24) is 4.98 Å². The minimum atomic E-state index is -1.25. The quantitative estimate of drug-likeness (QED) is 0.308. The van der Waals surface area contributed by atoms with Crippen LogP contribution in [0.1, 0.15) is 12.8 Å². The van der Waals surface area contributed by atoms with Crippen molar-refractivity contribution in [3.8, 4) is 0 Å². The molecule has 0 amide bonds. The van der Waals surface area contributed by atoms with Gasteiger partial charge in [0, 0.05) is 17.9 Å². The Labute approximate surface area is 164 Å². The van der Waals surface area contributed by atoms with Crippen molar-refractivity contribution in [2.75, 3.05) is 5.32 Å². The Bertz CT molecular complexity index is 1070. The van der Waals surface area contributed by atoms with E-state index < -0.39 is 22.9 Å². The Morgan fingerprint density at radius 1 is 1.11 bits per heavy atom. The van der Waals surface area contributed by atoms with Gasteiger partial charge in [0.15, 0.2) is 0 Å². The fraction of sp³-hybridized carbons (Fsp3) is 0.167. The fourth-order valence-corrected chi connectivity index (χ4v) is 2.93. The molecule has 3 N–H and O–H groups in total. The lowest BCUT2D eigenvalue weighted by Crippen LogP contribution is -2.30. The lowest BCUT2D eigenvalue weighted by molar-refractivity contribution is -0.383. The number of carbonyl (C=O) groups is 2. The second-order valence-corrected chi connectivity index (χ2v) is 5.90. The van der Waals surface area contributed by atoms with Gasteiger partial charge in [-0.1, -0.05) is 24.3 Å². The van der Waals surface area contributed by atoms with Crippen LogP contribution in [0, 0.1) is 10.1 Å². The van der Waals surface area contributed by atoms with Crippen LogP contribution >= 0.6 is 12.4 Å². The highest BCUT2D eigenvalue weighted by Crippen LogP contribution is 2.37. The molecule has 1 heterocycles. The monoisotopic (exact) mass is 405 g/mol. The molecule has 2 aromatic carbocycles. The van der Waals surface area contributed by atoms with Gasteiger partial charge in [0.1, 0.15) is 11.4 Å². The minimum absolute atomic E-state index is 0. The average Bonchev–Trinajstić information content (AvgIpc) is 2.63. The van der Waals surface area contributed by atoms with E-state index in [1.807, 2.05) is 0 Å². The molecule has 0 spiro atoms. The number of non-ortho nitro benzene ring substituents is 1. The summed E-state index contributed by atoms with van der Waals surface area (Å²) >= 11 is 0. The first-order valence-electron chi connectivity index (χ1n) is 8.05. The van der Waals surface area contributed by atoms with Crippen LogP contribution in [0.3, 0.4) is 0 Å². The van der Waals surface area contributed by atoms with Crippen molar-refractivity contribution in [3.63, 3.8) is 0 Å². The molecule has 1 unspecified atom stereocenters. The van der Waals surface area contributed by atoms with E-state index in [-0.39, 0.29) is 42.0 Å². The number of carboxylic acids is 2. The van der Waals surface area contributed by atoms with Crippen LogP contribution in [0.5, 0.6) is 0 Å². The van der Waals surface area contributed by atoms with Gasteiger partial charge in [-0.2, -0.15) is 0 Å². The zero-order valence-corrected chi connectivity index (χ0v) is 15.2. The zero-order chi connectivity index (χ0) is 19.6. The van der Waals surface area contributed by atoms with Gasteiger partial charge in [-0.3, -0.25) is 14.9 Å². The second kappa shape index (κ2) is 8.49. The summed E-state index contributed by atoms with van der Waals surface area (Å²) in [5, 5.41) is 33.3. The second-order valence-electron chi connectivity index (χ2n) is 5.90. The van der Waals surface area contributed by atoms with Crippen LogP contribution in [0.2, 0.25) is 0 Å². The van der Waals surface area contributed by atoms with Crippen molar-refractivity contribution in [1.29, 1.82) is 0 Å². The third kappa shape index (κ3) is 4.09. The van der Waals surface area contributed by atoms with Gasteiger partial charge in [-0.15, -0.1) is 12.4 Å². The van der Waals surface area contributed by atoms with E-state index in [4.69, 9.17) is 5.11 Å². The zero-order valence-electron chi connectivity index (χ0n) is 14.4. The molecule has 0 fully saturated rings. The Morgan fingerprint density at radius 2 is 1.79 bits per heavy atom. The summed E-state index contributed by atoms with van der Waals surface area (Å²) in [5.41, 5.74) is 0.916. The lowest BCUT2D eigenvalue weighted by atomic mass is 10.0. The Balaban J connectivity index is 0.00000280. The number of benzene rings is 2. The maximum absolute atomic E-state index is 11.6. The molecule has 0 aliphatic heterocycles. The number of para-hydroxylation sites is 1. The highest BCUT2D eigenvalue weighted by Gasteiger charge is 2.24. The third-order valence-electron chi connectivity index (χ3n) is 4.14. The van der Waals surface area contributed by atoms with Crippen LogP contribution in [0.25, 0.3) is 21.8 Å². The van der Waals surface area contributed by atoms with Crippen molar-refractivity contribution in [3.05, 3.63) is 52.6 Å². The Morgan fingerprint density at radius 3 is 2.43 bits per heavy atom.